The van der Waals surface area contributed by atoms with Crippen LogP contribution in [0.2, 0.25) is 0 Å². The molecule has 0 saturated carbocycles. The fraction of sp³-hybridized carbons (Fsp3) is 0.273. The summed E-state index contributed by atoms with van der Waals surface area (Å²) in [5.41, 5.74) is 9.84. The largest absolute Gasteiger partial charge is 0.508 e. The molecule has 4 aromatic carbocycles. The molecule has 3 nitrogen and oxygen atoms in total. The highest BCUT2D eigenvalue weighted by Gasteiger charge is 2.29. The number of benzene rings is 4. The molecule has 0 aliphatic heterocycles. The zero-order valence-corrected chi connectivity index (χ0v) is 22.1. The molecule has 1 unspecified atom stereocenters. The van der Waals surface area contributed by atoms with Gasteiger partial charge in [-0.2, -0.15) is 0 Å². The van der Waals surface area contributed by atoms with Gasteiger partial charge in [0.15, 0.2) is 0 Å². The van der Waals surface area contributed by atoms with Gasteiger partial charge >= 0.3 is 0 Å². The van der Waals surface area contributed by atoms with Crippen molar-refractivity contribution in [3.05, 3.63) is 122 Å². The van der Waals surface area contributed by atoms with Gasteiger partial charge in [0.05, 0.1) is 0 Å². The zero-order chi connectivity index (χ0) is 26.1. The van der Waals surface area contributed by atoms with E-state index in [1.165, 1.54) is 0 Å². The minimum atomic E-state index is -0.296. The highest BCUT2D eigenvalue weighted by molar-refractivity contribution is 5.53. The van der Waals surface area contributed by atoms with E-state index in [1.54, 1.807) is 12.1 Å². The molecule has 0 heterocycles. The van der Waals surface area contributed by atoms with Crippen LogP contribution in [0.4, 0.5) is 0 Å². The summed E-state index contributed by atoms with van der Waals surface area (Å²) in [6, 6.07) is 21.7. The molecule has 0 radical (unpaired) electrons. The lowest BCUT2D eigenvalue weighted by Gasteiger charge is -2.28. The Kier molecular flexibility index (Phi) is 7.12. The van der Waals surface area contributed by atoms with E-state index in [0.29, 0.717) is 6.42 Å². The van der Waals surface area contributed by atoms with Gasteiger partial charge < -0.3 is 15.3 Å². The quantitative estimate of drug-likeness (QED) is 0.262. The Morgan fingerprint density at radius 1 is 0.472 bits per heavy atom. The van der Waals surface area contributed by atoms with Crippen molar-refractivity contribution in [1.82, 2.24) is 0 Å². The summed E-state index contributed by atoms with van der Waals surface area (Å²) < 4.78 is 0. The number of aryl methyl sites for hydroxylation is 6. The number of hydrogen-bond acceptors (Lipinski definition) is 3. The maximum Gasteiger partial charge on any atom is 0.119 e. The second-order valence-corrected chi connectivity index (χ2v) is 10.2. The Morgan fingerprint density at radius 3 is 1.19 bits per heavy atom. The molecule has 1 atom stereocenters. The first kappa shape index (κ1) is 25.4. The fourth-order valence-corrected chi connectivity index (χ4v) is 5.09. The van der Waals surface area contributed by atoms with Crippen LogP contribution in [-0.2, 0) is 0 Å². The van der Waals surface area contributed by atoms with Crippen LogP contribution < -0.4 is 0 Å². The fourth-order valence-electron chi connectivity index (χ4n) is 5.09. The maximum atomic E-state index is 11.1. The van der Waals surface area contributed by atoms with E-state index < -0.39 is 0 Å². The van der Waals surface area contributed by atoms with Crippen LogP contribution in [0.15, 0.2) is 66.7 Å². The van der Waals surface area contributed by atoms with Crippen LogP contribution in [0.1, 0.15) is 73.9 Å². The molecule has 36 heavy (non-hydrogen) atoms. The summed E-state index contributed by atoms with van der Waals surface area (Å²) in [7, 11) is 0. The van der Waals surface area contributed by atoms with E-state index >= 15 is 0 Å². The molecule has 0 aromatic heterocycles. The first-order chi connectivity index (χ1) is 17.1. The van der Waals surface area contributed by atoms with Gasteiger partial charge in [-0.1, -0.05) is 48.5 Å². The van der Waals surface area contributed by atoms with Crippen LogP contribution >= 0.6 is 0 Å². The number of hydrogen-bond donors (Lipinski definition) is 3. The maximum absolute atomic E-state index is 11.1. The number of phenols is 3. The molecule has 4 aromatic rings. The molecule has 0 spiro atoms. The number of phenolic OH excluding ortho intramolecular Hbond substituents is 3. The normalized spacial score (nSPS) is 12.2. The second-order valence-electron chi connectivity index (χ2n) is 10.2. The van der Waals surface area contributed by atoms with Crippen LogP contribution in [-0.4, -0.2) is 15.3 Å². The van der Waals surface area contributed by atoms with E-state index in [2.05, 4.69) is 25.1 Å². The van der Waals surface area contributed by atoms with Crippen LogP contribution in [0.3, 0.4) is 0 Å². The Hall–Kier alpha value is -3.72. The lowest BCUT2D eigenvalue weighted by atomic mass is 9.76. The SMILES string of the molecule is Cc1cc(O)c(C(CC(c2cc(C)c(C)cc2O)c2cc(C)c(C)cc2O)c2ccccc2)cc1C. The van der Waals surface area contributed by atoms with E-state index in [9.17, 15) is 15.3 Å². The highest BCUT2D eigenvalue weighted by atomic mass is 16.3. The minimum absolute atomic E-state index is 0.155. The molecule has 0 aliphatic rings. The van der Waals surface area contributed by atoms with Gasteiger partial charge in [0.2, 0.25) is 0 Å². The first-order valence-corrected chi connectivity index (χ1v) is 12.5. The molecule has 186 valence electrons. The predicted molar refractivity (Wildman–Crippen MR) is 147 cm³/mol. The standard InChI is InChI=1S/C33H36O3/c1-19-12-28(31(34)15-22(19)4)26(25-10-8-7-9-11-25)18-27(29-13-20(2)23(5)16-32(29)35)30-14-21(3)24(6)17-33(30)36/h7-17,26-27,34-36H,18H2,1-6H3. The van der Waals surface area contributed by atoms with Crippen molar-refractivity contribution in [2.75, 3.05) is 0 Å². The van der Waals surface area contributed by atoms with Gasteiger partial charge in [-0.05, 0) is 105 Å². The van der Waals surface area contributed by atoms with Crippen LogP contribution in [0.25, 0.3) is 0 Å². The molecule has 4 rings (SSSR count). The lowest BCUT2D eigenvalue weighted by Crippen LogP contribution is -2.12. The molecular formula is C33H36O3. The van der Waals surface area contributed by atoms with Gasteiger partial charge in [0.25, 0.3) is 0 Å². The van der Waals surface area contributed by atoms with Crippen molar-refractivity contribution in [2.45, 2.75) is 59.8 Å². The van der Waals surface area contributed by atoms with Gasteiger partial charge in [0, 0.05) is 28.5 Å². The Labute approximate surface area is 214 Å². The number of rotatable bonds is 6. The highest BCUT2D eigenvalue weighted by Crippen LogP contribution is 2.46. The van der Waals surface area contributed by atoms with Crippen molar-refractivity contribution in [3.63, 3.8) is 0 Å². The molecule has 0 bridgehead atoms. The smallest absolute Gasteiger partial charge is 0.119 e. The Bertz CT molecular complexity index is 1350. The third kappa shape index (κ3) is 4.97. The summed E-state index contributed by atoms with van der Waals surface area (Å²) in [5, 5.41) is 33.3. The summed E-state index contributed by atoms with van der Waals surface area (Å²) in [6.45, 7) is 12.1. The summed E-state index contributed by atoms with van der Waals surface area (Å²) in [6.07, 6.45) is 0.562. The average Bonchev–Trinajstić information content (AvgIpc) is 2.83. The van der Waals surface area contributed by atoms with Crippen molar-refractivity contribution in [1.29, 1.82) is 0 Å². The van der Waals surface area contributed by atoms with E-state index in [0.717, 1.165) is 55.6 Å². The average molecular weight is 481 g/mol. The molecule has 3 heteroatoms. The van der Waals surface area contributed by atoms with Crippen molar-refractivity contribution in [3.8, 4) is 17.2 Å². The number of aromatic hydroxyl groups is 3. The molecule has 0 fully saturated rings. The third-order valence-electron chi connectivity index (χ3n) is 7.73. The van der Waals surface area contributed by atoms with Crippen molar-refractivity contribution < 1.29 is 15.3 Å². The van der Waals surface area contributed by atoms with Gasteiger partial charge in [-0.25, -0.2) is 0 Å². The zero-order valence-electron chi connectivity index (χ0n) is 22.1. The molecule has 0 amide bonds. The van der Waals surface area contributed by atoms with Crippen LogP contribution in [0.5, 0.6) is 17.2 Å². The third-order valence-corrected chi connectivity index (χ3v) is 7.73. The molecule has 3 N–H and O–H groups in total. The van der Waals surface area contributed by atoms with E-state index in [1.807, 2.05) is 71.0 Å². The van der Waals surface area contributed by atoms with E-state index in [4.69, 9.17) is 0 Å². The monoisotopic (exact) mass is 480 g/mol. The second kappa shape index (κ2) is 10.1. The van der Waals surface area contributed by atoms with Gasteiger partial charge in [-0.15, -0.1) is 0 Å². The molecule has 0 aliphatic carbocycles. The molecule has 0 saturated heterocycles. The van der Waals surface area contributed by atoms with Crippen molar-refractivity contribution >= 4 is 0 Å². The first-order valence-electron chi connectivity index (χ1n) is 12.5. The predicted octanol–water partition coefficient (Wildman–Crippen LogP) is 8.01. The van der Waals surface area contributed by atoms with Gasteiger partial charge in [0.1, 0.15) is 17.2 Å². The summed E-state index contributed by atoms with van der Waals surface area (Å²) in [5.74, 6) is 0.250. The summed E-state index contributed by atoms with van der Waals surface area (Å²) in [4.78, 5) is 0. The Morgan fingerprint density at radius 2 is 0.806 bits per heavy atom. The van der Waals surface area contributed by atoms with Gasteiger partial charge in [-0.3, -0.25) is 0 Å². The molecular weight excluding hydrogens is 444 g/mol. The van der Waals surface area contributed by atoms with E-state index in [-0.39, 0.29) is 29.1 Å². The topological polar surface area (TPSA) is 60.7 Å². The summed E-state index contributed by atoms with van der Waals surface area (Å²) >= 11 is 0. The van der Waals surface area contributed by atoms with Crippen molar-refractivity contribution in [2.24, 2.45) is 0 Å². The minimum Gasteiger partial charge on any atom is -0.508 e. The Balaban J connectivity index is 1.96. The lowest BCUT2D eigenvalue weighted by molar-refractivity contribution is 0.443. The van der Waals surface area contributed by atoms with Crippen LogP contribution in [0, 0.1) is 41.5 Å².